The second-order valence-electron chi connectivity index (χ2n) is 6.51. The van der Waals surface area contributed by atoms with Gasteiger partial charge in [0.2, 0.25) is 0 Å². The topological polar surface area (TPSA) is 81.5 Å². The Bertz CT molecular complexity index is 874. The number of nitro groups is 1. The minimum absolute atomic E-state index is 0.0484. The second-order valence-corrected chi connectivity index (χ2v) is 6.51. The van der Waals surface area contributed by atoms with Crippen molar-refractivity contribution in [2.45, 2.75) is 32.3 Å². The van der Waals surface area contributed by atoms with Gasteiger partial charge in [0.15, 0.2) is 0 Å². The highest BCUT2D eigenvalue weighted by Crippen LogP contribution is 2.35. The third-order valence-corrected chi connectivity index (χ3v) is 4.31. The molecule has 1 amide bonds. The van der Waals surface area contributed by atoms with Crippen molar-refractivity contribution >= 4 is 23.4 Å². The Morgan fingerprint density at radius 1 is 1.23 bits per heavy atom. The van der Waals surface area contributed by atoms with Gasteiger partial charge < -0.3 is 10.1 Å². The first-order valence-electron chi connectivity index (χ1n) is 8.48. The zero-order valence-corrected chi connectivity index (χ0v) is 14.7. The Labute approximate surface area is 151 Å². The van der Waals surface area contributed by atoms with E-state index in [1.165, 1.54) is 24.3 Å². The van der Waals surface area contributed by atoms with Crippen molar-refractivity contribution in [3.63, 3.8) is 0 Å². The third-order valence-electron chi connectivity index (χ3n) is 4.31. The average molecular weight is 352 g/mol. The largest absolute Gasteiger partial charge is 0.483 e. The number of carbonyl (C=O) groups excluding carboxylic acids is 1. The van der Waals surface area contributed by atoms with Crippen LogP contribution in [0.1, 0.15) is 42.6 Å². The fourth-order valence-corrected chi connectivity index (χ4v) is 2.97. The highest BCUT2D eigenvalue weighted by molar-refractivity contribution is 6.04. The summed E-state index contributed by atoms with van der Waals surface area (Å²) in [5.41, 5.74) is 1.55. The van der Waals surface area contributed by atoms with Crippen molar-refractivity contribution in [3.8, 4) is 5.75 Å². The molecule has 1 aliphatic rings. The Morgan fingerprint density at radius 2 is 1.96 bits per heavy atom. The molecular weight excluding hydrogens is 332 g/mol. The molecule has 0 spiro atoms. The Kier molecular flexibility index (Phi) is 4.75. The summed E-state index contributed by atoms with van der Waals surface area (Å²) in [5, 5.41) is 13.5. The van der Waals surface area contributed by atoms with Gasteiger partial charge in [-0.1, -0.05) is 19.4 Å². The molecule has 6 nitrogen and oxygen atoms in total. The number of anilines is 1. The lowest BCUT2D eigenvalue weighted by atomic mass is 9.95. The van der Waals surface area contributed by atoms with Crippen LogP contribution < -0.4 is 10.1 Å². The van der Waals surface area contributed by atoms with Crippen LogP contribution in [0.2, 0.25) is 0 Å². The molecule has 0 aliphatic carbocycles. The van der Waals surface area contributed by atoms with E-state index in [2.05, 4.69) is 19.2 Å². The normalized spacial score (nSPS) is 17.9. The predicted octanol–water partition coefficient (Wildman–Crippen LogP) is 4.81. The number of carbonyl (C=O) groups is 1. The first kappa shape index (κ1) is 17.7. The van der Waals surface area contributed by atoms with Gasteiger partial charge in [-0.3, -0.25) is 14.9 Å². The van der Waals surface area contributed by atoms with Crippen LogP contribution in [0.5, 0.6) is 5.75 Å². The molecule has 3 rings (SSSR count). The molecule has 0 bridgehead atoms. The van der Waals surface area contributed by atoms with Gasteiger partial charge in [0.05, 0.1) is 4.92 Å². The molecule has 0 fully saturated rings. The van der Waals surface area contributed by atoms with Gasteiger partial charge in [-0.2, -0.15) is 0 Å². The highest BCUT2D eigenvalue weighted by atomic mass is 16.6. The number of nitrogens with one attached hydrogen (secondary N) is 1. The van der Waals surface area contributed by atoms with Crippen LogP contribution in [0, 0.1) is 10.1 Å². The molecule has 26 heavy (non-hydrogen) atoms. The van der Waals surface area contributed by atoms with Crippen LogP contribution in [-0.2, 0) is 0 Å². The molecule has 2 aromatic carbocycles. The van der Waals surface area contributed by atoms with Crippen molar-refractivity contribution in [2.75, 3.05) is 5.32 Å². The fourth-order valence-electron chi connectivity index (χ4n) is 2.97. The summed E-state index contributed by atoms with van der Waals surface area (Å²) in [6, 6.07) is 11.0. The molecular formula is C20H20N2O4. The van der Waals surface area contributed by atoms with Gasteiger partial charge in [0.1, 0.15) is 11.4 Å². The Balaban J connectivity index is 1.74. The van der Waals surface area contributed by atoms with Gasteiger partial charge in [-0.15, -0.1) is 0 Å². The van der Waals surface area contributed by atoms with E-state index in [1.54, 1.807) is 6.07 Å². The molecule has 0 saturated carbocycles. The van der Waals surface area contributed by atoms with E-state index in [9.17, 15) is 14.9 Å². The van der Waals surface area contributed by atoms with E-state index in [0.717, 1.165) is 24.2 Å². The van der Waals surface area contributed by atoms with E-state index < -0.39 is 4.92 Å². The number of non-ortho nitro benzene ring substituents is 1. The molecule has 2 aromatic rings. The Hall–Kier alpha value is -3.15. The number of amides is 1. The summed E-state index contributed by atoms with van der Waals surface area (Å²) < 4.78 is 6.08. The smallest absolute Gasteiger partial charge is 0.269 e. The maximum Gasteiger partial charge on any atom is 0.269 e. The lowest BCUT2D eigenvalue weighted by molar-refractivity contribution is -0.384. The molecule has 0 aromatic heterocycles. The number of hydrogen-bond donors (Lipinski definition) is 1. The number of rotatable bonds is 5. The molecule has 6 heteroatoms. The zero-order valence-electron chi connectivity index (χ0n) is 14.7. The average Bonchev–Trinajstić information content (AvgIpc) is 2.62. The molecule has 0 radical (unpaired) electrons. The molecule has 1 aliphatic heterocycles. The molecule has 1 unspecified atom stereocenters. The molecule has 134 valence electrons. The molecule has 1 atom stereocenters. The summed E-state index contributed by atoms with van der Waals surface area (Å²) in [5.74, 6) is 0.466. The zero-order chi connectivity index (χ0) is 18.7. The van der Waals surface area contributed by atoms with Crippen LogP contribution in [0.4, 0.5) is 11.4 Å². The monoisotopic (exact) mass is 352 g/mol. The first-order valence-corrected chi connectivity index (χ1v) is 8.48. The van der Waals surface area contributed by atoms with Crippen molar-refractivity contribution < 1.29 is 14.5 Å². The van der Waals surface area contributed by atoms with Crippen LogP contribution in [0.3, 0.4) is 0 Å². The van der Waals surface area contributed by atoms with Crippen molar-refractivity contribution in [1.82, 2.24) is 0 Å². The lowest BCUT2D eigenvalue weighted by Gasteiger charge is -2.31. The highest BCUT2D eigenvalue weighted by Gasteiger charge is 2.26. The fraction of sp³-hybridized carbons (Fsp3) is 0.250. The summed E-state index contributed by atoms with van der Waals surface area (Å²) in [7, 11) is 0. The van der Waals surface area contributed by atoms with Gasteiger partial charge in [0, 0.05) is 28.9 Å². The van der Waals surface area contributed by atoms with Crippen LogP contribution in [0.25, 0.3) is 6.08 Å². The summed E-state index contributed by atoms with van der Waals surface area (Å²) in [6.45, 7) is 4.18. The number of nitrogens with zero attached hydrogens (tertiary/aromatic N) is 1. The van der Waals surface area contributed by atoms with E-state index in [0.29, 0.717) is 11.3 Å². The quantitative estimate of drug-likeness (QED) is 0.618. The minimum Gasteiger partial charge on any atom is -0.483 e. The minimum atomic E-state index is -0.496. The second kappa shape index (κ2) is 7.00. The maximum atomic E-state index is 12.3. The SMILES string of the molecule is CCCC1(C)C=Cc2cc(NC(=O)c3ccc([N+](=O)[O-])cc3)ccc2O1. The van der Waals surface area contributed by atoms with Crippen molar-refractivity contribution in [1.29, 1.82) is 0 Å². The number of fused-ring (bicyclic) bond motifs is 1. The number of benzene rings is 2. The maximum absolute atomic E-state index is 12.3. The third kappa shape index (κ3) is 3.74. The van der Waals surface area contributed by atoms with Crippen molar-refractivity contribution in [2.24, 2.45) is 0 Å². The number of nitro benzene ring substituents is 1. The van der Waals surface area contributed by atoms with Gasteiger partial charge >= 0.3 is 0 Å². The van der Waals surface area contributed by atoms with Crippen LogP contribution >= 0.6 is 0 Å². The number of hydrogen-bond acceptors (Lipinski definition) is 4. The standard InChI is InChI=1S/C20H20N2O4/c1-3-11-20(2)12-10-15-13-16(6-9-18(15)26-20)21-19(23)14-4-7-17(8-5-14)22(24)25/h4-10,12-13H,3,11H2,1-2H3,(H,21,23). The van der Waals surface area contributed by atoms with E-state index in [1.807, 2.05) is 24.3 Å². The van der Waals surface area contributed by atoms with Crippen LogP contribution in [-0.4, -0.2) is 16.4 Å². The van der Waals surface area contributed by atoms with Crippen molar-refractivity contribution in [3.05, 3.63) is 69.8 Å². The lowest BCUT2D eigenvalue weighted by Crippen LogP contribution is -2.31. The summed E-state index contributed by atoms with van der Waals surface area (Å²) >= 11 is 0. The van der Waals surface area contributed by atoms with Gasteiger partial charge in [-0.25, -0.2) is 0 Å². The molecule has 1 heterocycles. The van der Waals surface area contributed by atoms with Gasteiger partial charge in [-0.05, 0) is 49.8 Å². The van der Waals surface area contributed by atoms with Crippen LogP contribution in [0.15, 0.2) is 48.5 Å². The van der Waals surface area contributed by atoms with E-state index in [-0.39, 0.29) is 17.2 Å². The van der Waals surface area contributed by atoms with E-state index in [4.69, 9.17) is 4.74 Å². The summed E-state index contributed by atoms with van der Waals surface area (Å²) in [4.78, 5) is 22.5. The first-order chi connectivity index (χ1) is 12.4. The summed E-state index contributed by atoms with van der Waals surface area (Å²) in [6.07, 6.45) is 6.01. The van der Waals surface area contributed by atoms with Gasteiger partial charge in [0.25, 0.3) is 11.6 Å². The molecule has 0 saturated heterocycles. The van der Waals surface area contributed by atoms with E-state index >= 15 is 0 Å². The Morgan fingerprint density at radius 3 is 2.62 bits per heavy atom. The predicted molar refractivity (Wildman–Crippen MR) is 100 cm³/mol. The molecule has 1 N–H and O–H groups in total. The number of ether oxygens (including phenoxy) is 1.